The molecule has 6 heteroatoms. The van der Waals surface area contributed by atoms with E-state index in [1.54, 1.807) is 6.07 Å². The zero-order valence-corrected chi connectivity index (χ0v) is 15.7. The predicted molar refractivity (Wildman–Crippen MR) is 111 cm³/mol. The molecule has 0 heterocycles. The number of benzene rings is 3. The van der Waals surface area contributed by atoms with Gasteiger partial charge in [-0.2, -0.15) is 5.10 Å². The van der Waals surface area contributed by atoms with Crippen molar-refractivity contribution in [3.8, 4) is 5.75 Å². The molecule has 29 heavy (non-hydrogen) atoms. The minimum atomic E-state index is -0.825. The van der Waals surface area contributed by atoms with Crippen LogP contribution in [0.15, 0.2) is 90.0 Å². The molecule has 2 N–H and O–H groups in total. The van der Waals surface area contributed by atoms with Crippen LogP contribution < -0.4 is 15.5 Å². The van der Waals surface area contributed by atoms with Crippen LogP contribution in [0.4, 0.5) is 0 Å². The molecule has 0 aliphatic carbocycles. The number of carbonyl (C=O) groups excluding carboxylic acids is 2. The van der Waals surface area contributed by atoms with Crippen molar-refractivity contribution in [1.29, 1.82) is 0 Å². The van der Waals surface area contributed by atoms with Crippen LogP contribution in [0.5, 0.6) is 5.75 Å². The van der Waals surface area contributed by atoms with Crippen molar-refractivity contribution in [3.05, 3.63) is 102 Å². The predicted octanol–water partition coefficient (Wildman–Crippen LogP) is 3.03. The zero-order valence-electron chi connectivity index (χ0n) is 15.7. The van der Waals surface area contributed by atoms with Gasteiger partial charge in [-0.25, -0.2) is 5.43 Å². The Morgan fingerprint density at radius 1 is 0.828 bits per heavy atom. The normalized spacial score (nSPS) is 10.5. The van der Waals surface area contributed by atoms with Crippen LogP contribution in [0.1, 0.15) is 16.7 Å². The smallest absolute Gasteiger partial charge is 0.329 e. The molecule has 0 saturated carbocycles. The van der Waals surface area contributed by atoms with Crippen molar-refractivity contribution >= 4 is 18.0 Å². The number of hydrogen-bond donors (Lipinski definition) is 2. The van der Waals surface area contributed by atoms with Gasteiger partial charge in [-0.1, -0.05) is 72.8 Å². The van der Waals surface area contributed by atoms with Gasteiger partial charge in [0.1, 0.15) is 12.4 Å². The molecule has 0 aliphatic heterocycles. The van der Waals surface area contributed by atoms with Crippen LogP contribution in [0.3, 0.4) is 0 Å². The topological polar surface area (TPSA) is 79.8 Å². The lowest BCUT2D eigenvalue weighted by molar-refractivity contribution is -0.139. The lowest BCUT2D eigenvalue weighted by Gasteiger charge is -2.07. The Hall–Kier alpha value is -3.93. The third kappa shape index (κ3) is 6.62. The van der Waals surface area contributed by atoms with E-state index < -0.39 is 11.8 Å². The fraction of sp³-hybridized carbons (Fsp3) is 0.0870. The Bertz CT molecular complexity index is 973. The van der Waals surface area contributed by atoms with E-state index in [1.165, 1.54) is 6.21 Å². The third-order valence-corrected chi connectivity index (χ3v) is 3.99. The summed E-state index contributed by atoms with van der Waals surface area (Å²) in [6.45, 7) is 0.733. The maximum absolute atomic E-state index is 11.8. The zero-order chi connectivity index (χ0) is 20.3. The van der Waals surface area contributed by atoms with E-state index in [0.29, 0.717) is 12.4 Å². The SMILES string of the molecule is O=C(NCc1ccccc1)C(=O)N/N=C/c1cccc(OCc2ccccc2)c1. The molecule has 146 valence electrons. The minimum absolute atomic E-state index is 0.275. The highest BCUT2D eigenvalue weighted by Gasteiger charge is 2.11. The Morgan fingerprint density at radius 3 is 2.24 bits per heavy atom. The molecule has 0 bridgehead atoms. The highest BCUT2D eigenvalue weighted by Crippen LogP contribution is 2.14. The van der Waals surface area contributed by atoms with Gasteiger partial charge < -0.3 is 10.1 Å². The summed E-state index contributed by atoms with van der Waals surface area (Å²) in [5, 5.41) is 6.38. The number of nitrogens with zero attached hydrogens (tertiary/aromatic N) is 1. The van der Waals surface area contributed by atoms with Crippen molar-refractivity contribution in [2.45, 2.75) is 13.2 Å². The summed E-state index contributed by atoms with van der Waals surface area (Å²) in [5.41, 5.74) is 4.94. The largest absolute Gasteiger partial charge is 0.489 e. The summed E-state index contributed by atoms with van der Waals surface area (Å²) < 4.78 is 5.76. The number of nitrogens with one attached hydrogen (secondary N) is 2. The maximum atomic E-state index is 11.8. The van der Waals surface area contributed by atoms with E-state index in [4.69, 9.17) is 4.74 Å². The molecule has 2 amide bonds. The highest BCUT2D eigenvalue weighted by atomic mass is 16.5. The lowest BCUT2D eigenvalue weighted by Crippen LogP contribution is -2.37. The standard InChI is InChI=1S/C23H21N3O3/c27-22(24-15-18-8-3-1-4-9-18)23(28)26-25-16-20-12-7-13-21(14-20)29-17-19-10-5-2-6-11-19/h1-14,16H,15,17H2,(H,24,27)(H,26,28)/b25-16+. The fourth-order valence-corrected chi connectivity index (χ4v) is 2.50. The van der Waals surface area contributed by atoms with Gasteiger partial charge in [0.2, 0.25) is 0 Å². The first-order valence-corrected chi connectivity index (χ1v) is 9.12. The Morgan fingerprint density at radius 2 is 1.52 bits per heavy atom. The number of rotatable bonds is 7. The second kappa shape index (κ2) is 10.4. The summed E-state index contributed by atoms with van der Waals surface area (Å²) in [7, 11) is 0. The summed E-state index contributed by atoms with van der Waals surface area (Å²) in [6, 6.07) is 26.5. The Kier molecular flexibility index (Phi) is 7.12. The van der Waals surface area contributed by atoms with Crippen LogP contribution in [0.25, 0.3) is 0 Å². The molecule has 3 aromatic rings. The number of ether oxygens (including phenoxy) is 1. The van der Waals surface area contributed by atoms with Crippen LogP contribution in [0.2, 0.25) is 0 Å². The first kappa shape index (κ1) is 19.8. The lowest BCUT2D eigenvalue weighted by atomic mass is 10.2. The molecule has 0 radical (unpaired) electrons. The van der Waals surface area contributed by atoms with Gasteiger partial charge in [-0.05, 0) is 28.8 Å². The van der Waals surface area contributed by atoms with Crippen LogP contribution >= 0.6 is 0 Å². The molecule has 0 saturated heterocycles. The van der Waals surface area contributed by atoms with Gasteiger partial charge in [0.15, 0.2) is 0 Å². The molecular weight excluding hydrogens is 366 g/mol. The van der Waals surface area contributed by atoms with Gasteiger partial charge >= 0.3 is 11.8 Å². The molecular formula is C23H21N3O3. The summed E-state index contributed by atoms with van der Waals surface area (Å²) in [6.07, 6.45) is 1.46. The number of hydrogen-bond acceptors (Lipinski definition) is 4. The second-order valence-electron chi connectivity index (χ2n) is 6.21. The van der Waals surface area contributed by atoms with Gasteiger partial charge in [0.25, 0.3) is 0 Å². The van der Waals surface area contributed by atoms with Gasteiger partial charge in [-0.3, -0.25) is 9.59 Å². The Labute approximate surface area is 169 Å². The van der Waals surface area contributed by atoms with Crippen LogP contribution in [-0.2, 0) is 22.7 Å². The van der Waals surface area contributed by atoms with E-state index in [-0.39, 0.29) is 6.54 Å². The summed E-state index contributed by atoms with van der Waals surface area (Å²) >= 11 is 0. The van der Waals surface area contributed by atoms with Gasteiger partial charge in [-0.15, -0.1) is 0 Å². The van der Waals surface area contributed by atoms with E-state index in [0.717, 1.165) is 16.7 Å². The van der Waals surface area contributed by atoms with Crippen LogP contribution in [-0.4, -0.2) is 18.0 Å². The molecule has 0 unspecified atom stereocenters. The monoisotopic (exact) mass is 387 g/mol. The van der Waals surface area contributed by atoms with Crippen LogP contribution in [0, 0.1) is 0 Å². The van der Waals surface area contributed by atoms with E-state index in [9.17, 15) is 9.59 Å². The molecule has 0 spiro atoms. The number of amides is 2. The summed E-state index contributed by atoms with van der Waals surface area (Å²) in [5.74, 6) is -0.885. The minimum Gasteiger partial charge on any atom is -0.489 e. The molecule has 0 aliphatic rings. The quantitative estimate of drug-likeness (QED) is 0.372. The van der Waals surface area contributed by atoms with Crippen molar-refractivity contribution < 1.29 is 14.3 Å². The molecule has 0 fully saturated rings. The average molecular weight is 387 g/mol. The highest BCUT2D eigenvalue weighted by molar-refractivity contribution is 6.35. The van der Waals surface area contributed by atoms with Crippen molar-refractivity contribution in [2.75, 3.05) is 0 Å². The first-order chi connectivity index (χ1) is 14.2. The third-order valence-electron chi connectivity index (χ3n) is 3.99. The second-order valence-corrected chi connectivity index (χ2v) is 6.21. The Balaban J connectivity index is 1.46. The molecule has 0 aromatic heterocycles. The molecule has 0 atom stereocenters. The summed E-state index contributed by atoms with van der Waals surface area (Å²) in [4.78, 5) is 23.6. The molecule has 3 aromatic carbocycles. The molecule has 3 rings (SSSR count). The van der Waals surface area contributed by atoms with Crippen molar-refractivity contribution in [3.63, 3.8) is 0 Å². The number of hydrazone groups is 1. The van der Waals surface area contributed by atoms with Gasteiger partial charge in [0, 0.05) is 6.54 Å². The average Bonchev–Trinajstić information content (AvgIpc) is 2.77. The van der Waals surface area contributed by atoms with Gasteiger partial charge in [0.05, 0.1) is 6.21 Å². The van der Waals surface area contributed by atoms with E-state index in [2.05, 4.69) is 15.8 Å². The van der Waals surface area contributed by atoms with E-state index >= 15 is 0 Å². The maximum Gasteiger partial charge on any atom is 0.329 e. The fourth-order valence-electron chi connectivity index (χ4n) is 2.50. The first-order valence-electron chi connectivity index (χ1n) is 9.12. The number of carbonyl (C=O) groups is 2. The van der Waals surface area contributed by atoms with E-state index in [1.807, 2.05) is 78.9 Å². The van der Waals surface area contributed by atoms with Crippen molar-refractivity contribution in [1.82, 2.24) is 10.7 Å². The van der Waals surface area contributed by atoms with Crippen molar-refractivity contribution in [2.24, 2.45) is 5.10 Å². The molecule has 6 nitrogen and oxygen atoms in total.